The average molecular weight is 831 g/mol. The topological polar surface area (TPSA) is 72.8 Å². The van der Waals surface area contributed by atoms with Crippen molar-refractivity contribution in [1.82, 2.24) is 0 Å². The molecule has 0 saturated heterocycles. The number of hydrogen-bond donors (Lipinski definition) is 1. The minimum absolute atomic E-state index is 0.0639. The van der Waals surface area contributed by atoms with Crippen LogP contribution in [0.25, 0.3) is 0 Å². The average Bonchev–Trinajstić information content (AvgIpc) is 3.24. The predicted molar refractivity (Wildman–Crippen MR) is 256 cm³/mol. The third-order valence-corrected chi connectivity index (χ3v) is 12.0. The fraction of sp³-hybridized carbons (Fsp3) is 0.889. The molecule has 0 fully saturated rings. The minimum atomic E-state index is -0.772. The minimum Gasteiger partial charge on any atom is -0.462 e. The number of carbonyl (C=O) groups is 2. The number of aliphatic hydroxyl groups is 1. The van der Waals surface area contributed by atoms with Gasteiger partial charge in [0, 0.05) is 12.8 Å². The van der Waals surface area contributed by atoms with Gasteiger partial charge in [0.25, 0.3) is 0 Å². The lowest BCUT2D eigenvalue weighted by Crippen LogP contribution is -2.28. The van der Waals surface area contributed by atoms with Crippen LogP contribution >= 0.6 is 0 Å². The number of ether oxygens (including phenoxy) is 2. The van der Waals surface area contributed by atoms with Gasteiger partial charge in [0.2, 0.25) is 0 Å². The predicted octanol–water partition coefficient (Wildman–Crippen LogP) is 17.4. The standard InChI is InChI=1S/C54H102O5/c1-3-5-7-9-11-13-15-17-19-21-22-23-24-25-26-27-28-29-30-31-33-34-36-38-40-42-44-46-48-53(56)58-51-52(50-55)59-54(57)49-47-45-43-41-39-37-35-32-20-18-16-14-12-10-8-6-4-2/h12,14,18,20,52,55H,3-11,13,15-17,19,21-51H2,1-2H3/b14-12-,20-18-. The normalized spacial score (nSPS) is 12.3. The quantitative estimate of drug-likeness (QED) is 0.0376. The fourth-order valence-electron chi connectivity index (χ4n) is 8.00. The smallest absolute Gasteiger partial charge is 0.306 e. The van der Waals surface area contributed by atoms with Gasteiger partial charge in [-0.1, -0.05) is 256 Å². The molecule has 0 radical (unpaired) electrons. The lowest BCUT2D eigenvalue weighted by molar-refractivity contribution is -0.161. The summed E-state index contributed by atoms with van der Waals surface area (Å²) in [7, 11) is 0. The molecule has 0 aromatic carbocycles. The lowest BCUT2D eigenvalue weighted by atomic mass is 10.0. The Hall–Kier alpha value is -1.62. The second kappa shape index (κ2) is 50.7. The molecule has 0 bridgehead atoms. The summed E-state index contributed by atoms with van der Waals surface area (Å²) in [5.74, 6) is -0.584. The Balaban J connectivity index is 3.42. The van der Waals surface area contributed by atoms with Crippen LogP contribution in [0.15, 0.2) is 24.3 Å². The van der Waals surface area contributed by atoms with Crippen LogP contribution in [0.5, 0.6) is 0 Å². The van der Waals surface area contributed by atoms with Crippen molar-refractivity contribution in [2.45, 2.75) is 296 Å². The van der Waals surface area contributed by atoms with E-state index < -0.39 is 6.10 Å². The SMILES string of the molecule is CCCCC/C=C\C/C=C\CCCCCCCCCC(=O)OC(CO)COC(=O)CCCCCCCCCCCCCCCCCCCCCCCCCCCCCC. The van der Waals surface area contributed by atoms with E-state index in [0.717, 1.165) is 44.9 Å². The Kier molecular flexibility index (Phi) is 49.3. The molecule has 0 aliphatic rings. The lowest BCUT2D eigenvalue weighted by Gasteiger charge is -2.15. The van der Waals surface area contributed by atoms with E-state index in [-0.39, 0.29) is 25.2 Å². The highest BCUT2D eigenvalue weighted by molar-refractivity contribution is 5.70. The third-order valence-electron chi connectivity index (χ3n) is 12.0. The molecule has 1 N–H and O–H groups in total. The van der Waals surface area contributed by atoms with Gasteiger partial charge in [-0.3, -0.25) is 9.59 Å². The number of aliphatic hydroxyl groups excluding tert-OH is 1. The number of rotatable bonds is 49. The molecule has 0 amide bonds. The van der Waals surface area contributed by atoms with Gasteiger partial charge in [-0.05, 0) is 44.9 Å². The summed E-state index contributed by atoms with van der Waals surface area (Å²) in [6, 6.07) is 0. The van der Waals surface area contributed by atoms with E-state index in [4.69, 9.17) is 9.47 Å². The van der Waals surface area contributed by atoms with Crippen molar-refractivity contribution < 1.29 is 24.2 Å². The van der Waals surface area contributed by atoms with Gasteiger partial charge in [0.05, 0.1) is 6.61 Å². The number of unbranched alkanes of at least 4 members (excludes halogenated alkanes) is 37. The zero-order valence-corrected chi connectivity index (χ0v) is 39.8. The largest absolute Gasteiger partial charge is 0.462 e. The maximum absolute atomic E-state index is 12.2. The molecular weight excluding hydrogens is 729 g/mol. The van der Waals surface area contributed by atoms with E-state index in [2.05, 4.69) is 38.2 Å². The summed E-state index contributed by atoms with van der Waals surface area (Å²) in [5, 5.41) is 9.62. The van der Waals surface area contributed by atoms with Crippen LogP contribution in [0.2, 0.25) is 0 Å². The first kappa shape index (κ1) is 57.4. The van der Waals surface area contributed by atoms with Gasteiger partial charge in [0.15, 0.2) is 6.10 Å². The molecule has 0 spiro atoms. The van der Waals surface area contributed by atoms with E-state index in [1.165, 1.54) is 218 Å². The Morgan fingerprint density at radius 2 is 0.678 bits per heavy atom. The molecule has 59 heavy (non-hydrogen) atoms. The number of carbonyl (C=O) groups excluding carboxylic acids is 2. The Morgan fingerprint density at radius 3 is 1.03 bits per heavy atom. The fourth-order valence-corrected chi connectivity index (χ4v) is 8.00. The summed E-state index contributed by atoms with van der Waals surface area (Å²) < 4.78 is 10.7. The summed E-state index contributed by atoms with van der Waals surface area (Å²) in [5.41, 5.74) is 0. The van der Waals surface area contributed by atoms with Crippen molar-refractivity contribution in [1.29, 1.82) is 0 Å². The Morgan fingerprint density at radius 1 is 0.390 bits per heavy atom. The van der Waals surface area contributed by atoms with Crippen LogP contribution in [0.1, 0.15) is 290 Å². The van der Waals surface area contributed by atoms with E-state index >= 15 is 0 Å². The van der Waals surface area contributed by atoms with Crippen LogP contribution in [0, 0.1) is 0 Å². The Labute approximate surface area is 368 Å². The van der Waals surface area contributed by atoms with Gasteiger partial charge in [-0.25, -0.2) is 0 Å². The highest BCUT2D eigenvalue weighted by Crippen LogP contribution is 2.17. The first-order valence-corrected chi connectivity index (χ1v) is 26.4. The van der Waals surface area contributed by atoms with Gasteiger partial charge in [-0.15, -0.1) is 0 Å². The molecule has 5 nitrogen and oxygen atoms in total. The van der Waals surface area contributed by atoms with Crippen molar-refractivity contribution in [3.05, 3.63) is 24.3 Å². The molecule has 0 rings (SSSR count). The van der Waals surface area contributed by atoms with Crippen molar-refractivity contribution in [2.75, 3.05) is 13.2 Å². The number of hydrogen-bond acceptors (Lipinski definition) is 5. The molecular formula is C54H102O5. The summed E-state index contributed by atoms with van der Waals surface area (Å²) >= 11 is 0. The monoisotopic (exact) mass is 831 g/mol. The Bertz CT molecular complexity index is 897. The van der Waals surface area contributed by atoms with E-state index in [1.807, 2.05) is 0 Å². The van der Waals surface area contributed by atoms with Gasteiger partial charge in [0.1, 0.15) is 6.61 Å². The molecule has 0 aromatic rings. The van der Waals surface area contributed by atoms with Crippen LogP contribution in [-0.4, -0.2) is 36.4 Å². The molecule has 0 aliphatic heterocycles. The van der Waals surface area contributed by atoms with Crippen LogP contribution in [0.4, 0.5) is 0 Å². The van der Waals surface area contributed by atoms with E-state index in [0.29, 0.717) is 12.8 Å². The first-order valence-electron chi connectivity index (χ1n) is 26.4. The molecule has 5 heteroatoms. The zero-order valence-electron chi connectivity index (χ0n) is 39.8. The molecule has 0 aromatic heterocycles. The van der Waals surface area contributed by atoms with Gasteiger partial charge < -0.3 is 14.6 Å². The van der Waals surface area contributed by atoms with Crippen molar-refractivity contribution >= 4 is 11.9 Å². The van der Waals surface area contributed by atoms with Crippen LogP contribution in [0.3, 0.4) is 0 Å². The summed E-state index contributed by atoms with van der Waals surface area (Å²) in [6.07, 6.45) is 62.9. The summed E-state index contributed by atoms with van der Waals surface area (Å²) in [4.78, 5) is 24.4. The van der Waals surface area contributed by atoms with Crippen molar-refractivity contribution in [3.63, 3.8) is 0 Å². The van der Waals surface area contributed by atoms with Gasteiger partial charge >= 0.3 is 11.9 Å². The second-order valence-electron chi connectivity index (χ2n) is 18.0. The molecule has 348 valence electrons. The van der Waals surface area contributed by atoms with E-state index in [9.17, 15) is 14.7 Å². The van der Waals surface area contributed by atoms with Crippen LogP contribution < -0.4 is 0 Å². The van der Waals surface area contributed by atoms with Crippen molar-refractivity contribution in [3.8, 4) is 0 Å². The molecule has 1 unspecified atom stereocenters. The highest BCUT2D eigenvalue weighted by atomic mass is 16.6. The van der Waals surface area contributed by atoms with Gasteiger partial charge in [-0.2, -0.15) is 0 Å². The number of allylic oxidation sites excluding steroid dienone is 4. The van der Waals surface area contributed by atoms with Crippen molar-refractivity contribution in [2.24, 2.45) is 0 Å². The maximum atomic E-state index is 12.2. The molecule has 0 saturated carbocycles. The molecule has 0 aliphatic carbocycles. The summed E-state index contributed by atoms with van der Waals surface area (Å²) in [6.45, 7) is 4.15. The molecule has 1 atom stereocenters. The first-order chi connectivity index (χ1) is 29.1. The number of esters is 2. The van der Waals surface area contributed by atoms with Crippen LogP contribution in [-0.2, 0) is 19.1 Å². The molecule has 0 heterocycles. The third kappa shape index (κ3) is 48.9. The highest BCUT2D eigenvalue weighted by Gasteiger charge is 2.16. The maximum Gasteiger partial charge on any atom is 0.306 e. The second-order valence-corrected chi connectivity index (χ2v) is 18.0. The van der Waals surface area contributed by atoms with E-state index in [1.54, 1.807) is 0 Å². The zero-order chi connectivity index (χ0) is 42.8.